The first-order valence-electron chi connectivity index (χ1n) is 7.91. The molecule has 0 atom stereocenters. The number of carbonyl (C=O) groups excluding carboxylic acids is 2. The number of nitrogens with one attached hydrogen (secondary N) is 1. The summed E-state index contributed by atoms with van der Waals surface area (Å²) in [6, 6.07) is 10.8. The zero-order chi connectivity index (χ0) is 20.0. The second-order valence-electron chi connectivity index (χ2n) is 5.79. The Morgan fingerprint density at radius 1 is 1.04 bits per heavy atom. The lowest BCUT2D eigenvalue weighted by atomic mass is 10.2. The van der Waals surface area contributed by atoms with Crippen LogP contribution in [0.25, 0.3) is 0 Å². The Balaban J connectivity index is 1.86. The Hall–Kier alpha value is -2.78. The molecular weight excluding hydrogens is 375 g/mol. The van der Waals surface area contributed by atoms with E-state index in [0.717, 1.165) is 4.31 Å². The van der Waals surface area contributed by atoms with Gasteiger partial charge in [0.05, 0.1) is 10.5 Å². The van der Waals surface area contributed by atoms with Crippen LogP contribution >= 0.6 is 0 Å². The molecule has 0 aromatic heterocycles. The number of carbonyl (C=O) groups is 2. The van der Waals surface area contributed by atoms with E-state index in [4.69, 9.17) is 4.74 Å². The number of ether oxygens (including phenoxy) is 1. The Labute approximate surface area is 156 Å². The van der Waals surface area contributed by atoms with E-state index in [0.29, 0.717) is 5.56 Å². The molecular formula is C18H19FN2O5S. The van der Waals surface area contributed by atoms with E-state index >= 15 is 0 Å². The van der Waals surface area contributed by atoms with Gasteiger partial charge in [0, 0.05) is 20.6 Å². The molecule has 2 aromatic carbocycles. The quantitative estimate of drug-likeness (QED) is 0.720. The first-order valence-corrected chi connectivity index (χ1v) is 9.35. The highest BCUT2D eigenvalue weighted by molar-refractivity contribution is 7.89. The molecule has 0 bridgehead atoms. The number of hydrogen-bond acceptors (Lipinski definition) is 5. The van der Waals surface area contributed by atoms with Crippen LogP contribution in [0.1, 0.15) is 15.9 Å². The van der Waals surface area contributed by atoms with Crippen LogP contribution in [0.5, 0.6) is 0 Å². The van der Waals surface area contributed by atoms with Crippen LogP contribution in [0.3, 0.4) is 0 Å². The Morgan fingerprint density at radius 2 is 1.63 bits per heavy atom. The van der Waals surface area contributed by atoms with E-state index < -0.39 is 28.5 Å². The van der Waals surface area contributed by atoms with Crippen LogP contribution in [0.15, 0.2) is 53.4 Å². The van der Waals surface area contributed by atoms with Crippen molar-refractivity contribution in [2.24, 2.45) is 0 Å². The Bertz CT molecular complexity index is 910. The average Bonchev–Trinajstić information content (AvgIpc) is 2.65. The van der Waals surface area contributed by atoms with Gasteiger partial charge in [0.2, 0.25) is 10.0 Å². The van der Waals surface area contributed by atoms with Gasteiger partial charge >= 0.3 is 5.97 Å². The predicted molar refractivity (Wildman–Crippen MR) is 95.8 cm³/mol. The summed E-state index contributed by atoms with van der Waals surface area (Å²) in [5.74, 6) is -1.64. The number of rotatable bonds is 7. The van der Waals surface area contributed by atoms with Crippen molar-refractivity contribution in [1.82, 2.24) is 9.62 Å². The molecule has 1 N–H and O–H groups in total. The number of halogens is 1. The van der Waals surface area contributed by atoms with Crippen molar-refractivity contribution in [1.29, 1.82) is 0 Å². The number of nitrogens with zero attached hydrogens (tertiary/aromatic N) is 1. The zero-order valence-corrected chi connectivity index (χ0v) is 15.6. The lowest BCUT2D eigenvalue weighted by Crippen LogP contribution is -2.28. The van der Waals surface area contributed by atoms with Crippen molar-refractivity contribution >= 4 is 21.9 Å². The average molecular weight is 394 g/mol. The molecule has 0 heterocycles. The number of amides is 1. The van der Waals surface area contributed by atoms with Gasteiger partial charge in [0.15, 0.2) is 6.61 Å². The molecule has 27 heavy (non-hydrogen) atoms. The van der Waals surface area contributed by atoms with Gasteiger partial charge < -0.3 is 10.1 Å². The van der Waals surface area contributed by atoms with Crippen molar-refractivity contribution < 1.29 is 27.1 Å². The second kappa shape index (κ2) is 8.74. The predicted octanol–water partition coefficient (Wildman–Crippen LogP) is 1.55. The fraction of sp³-hybridized carbons (Fsp3) is 0.222. The third-order valence-electron chi connectivity index (χ3n) is 3.61. The van der Waals surface area contributed by atoms with E-state index in [1.807, 2.05) is 0 Å². The van der Waals surface area contributed by atoms with E-state index in [1.54, 1.807) is 0 Å². The smallest absolute Gasteiger partial charge is 0.338 e. The highest BCUT2D eigenvalue weighted by Gasteiger charge is 2.18. The molecule has 0 fully saturated rings. The van der Waals surface area contributed by atoms with Gasteiger partial charge in [-0.15, -0.1) is 0 Å². The van der Waals surface area contributed by atoms with Gasteiger partial charge in [-0.05, 0) is 42.0 Å². The van der Waals surface area contributed by atoms with E-state index in [9.17, 15) is 22.4 Å². The van der Waals surface area contributed by atoms with Crippen molar-refractivity contribution in [2.45, 2.75) is 11.4 Å². The maximum Gasteiger partial charge on any atom is 0.338 e. The molecule has 7 nitrogen and oxygen atoms in total. The molecule has 0 aliphatic carbocycles. The molecule has 1 amide bonds. The van der Waals surface area contributed by atoms with Crippen LogP contribution in [-0.4, -0.2) is 45.3 Å². The summed E-state index contributed by atoms with van der Waals surface area (Å²) in [6.07, 6.45) is 0. The van der Waals surface area contributed by atoms with Crippen molar-refractivity contribution in [3.8, 4) is 0 Å². The maximum absolute atomic E-state index is 12.8. The van der Waals surface area contributed by atoms with Gasteiger partial charge in [-0.25, -0.2) is 21.9 Å². The highest BCUT2D eigenvalue weighted by atomic mass is 32.2. The third-order valence-corrected chi connectivity index (χ3v) is 5.44. The first kappa shape index (κ1) is 20.5. The van der Waals surface area contributed by atoms with Crippen LogP contribution in [0.4, 0.5) is 4.39 Å². The molecule has 0 unspecified atom stereocenters. The van der Waals surface area contributed by atoms with Crippen molar-refractivity contribution in [3.05, 3.63) is 65.5 Å². The summed E-state index contributed by atoms with van der Waals surface area (Å²) < 4.78 is 42.7. The third kappa shape index (κ3) is 5.60. The molecule has 144 valence electrons. The number of esters is 1. The molecule has 2 aromatic rings. The van der Waals surface area contributed by atoms with E-state index in [-0.39, 0.29) is 22.8 Å². The summed E-state index contributed by atoms with van der Waals surface area (Å²) in [7, 11) is -0.778. The van der Waals surface area contributed by atoms with Crippen LogP contribution in [0.2, 0.25) is 0 Å². The van der Waals surface area contributed by atoms with Crippen LogP contribution < -0.4 is 5.32 Å². The van der Waals surface area contributed by atoms with Gasteiger partial charge in [-0.1, -0.05) is 12.1 Å². The minimum absolute atomic E-state index is 0.0427. The largest absolute Gasteiger partial charge is 0.452 e. The number of benzene rings is 2. The molecule has 0 radical (unpaired) electrons. The number of sulfonamides is 1. The maximum atomic E-state index is 12.8. The lowest BCUT2D eigenvalue weighted by Gasteiger charge is -2.11. The SMILES string of the molecule is CN(C)S(=O)(=O)c1ccc(C(=O)OCC(=O)NCc2ccc(F)cc2)cc1. The molecule has 2 rings (SSSR count). The second-order valence-corrected chi connectivity index (χ2v) is 7.94. The summed E-state index contributed by atoms with van der Waals surface area (Å²) >= 11 is 0. The molecule has 9 heteroatoms. The van der Waals surface area contributed by atoms with Gasteiger partial charge in [-0.3, -0.25) is 4.79 Å². The zero-order valence-electron chi connectivity index (χ0n) is 14.8. The fourth-order valence-corrected chi connectivity index (χ4v) is 2.94. The van der Waals surface area contributed by atoms with Gasteiger partial charge in [0.25, 0.3) is 5.91 Å². The summed E-state index contributed by atoms with van der Waals surface area (Å²) in [5.41, 5.74) is 0.827. The normalized spacial score (nSPS) is 11.3. The van der Waals surface area contributed by atoms with Gasteiger partial charge in [-0.2, -0.15) is 0 Å². The Kier molecular flexibility index (Phi) is 6.65. The first-order chi connectivity index (χ1) is 12.7. The summed E-state index contributed by atoms with van der Waals surface area (Å²) in [4.78, 5) is 23.7. The molecule has 0 saturated carbocycles. The van der Waals surface area contributed by atoms with E-state index in [1.165, 1.54) is 62.6 Å². The molecule has 0 saturated heterocycles. The van der Waals surface area contributed by atoms with Crippen molar-refractivity contribution in [2.75, 3.05) is 20.7 Å². The minimum atomic E-state index is -3.59. The van der Waals surface area contributed by atoms with Crippen molar-refractivity contribution in [3.63, 3.8) is 0 Å². The monoisotopic (exact) mass is 394 g/mol. The standard InChI is InChI=1S/C18H19FN2O5S/c1-21(2)27(24,25)16-9-5-14(6-10-16)18(23)26-12-17(22)20-11-13-3-7-15(19)8-4-13/h3-10H,11-12H2,1-2H3,(H,20,22). The summed E-state index contributed by atoms with van der Waals surface area (Å²) in [5, 5.41) is 2.54. The molecule has 0 aliphatic rings. The van der Waals surface area contributed by atoms with Gasteiger partial charge in [0.1, 0.15) is 5.82 Å². The Morgan fingerprint density at radius 3 is 2.19 bits per heavy atom. The lowest BCUT2D eigenvalue weighted by molar-refractivity contribution is -0.124. The van der Waals surface area contributed by atoms with Crippen LogP contribution in [0, 0.1) is 5.82 Å². The molecule has 0 aliphatic heterocycles. The topological polar surface area (TPSA) is 92.8 Å². The fourth-order valence-electron chi connectivity index (χ4n) is 2.04. The van der Waals surface area contributed by atoms with Crippen LogP contribution in [-0.2, 0) is 26.1 Å². The minimum Gasteiger partial charge on any atom is -0.452 e. The summed E-state index contributed by atoms with van der Waals surface area (Å²) in [6.45, 7) is -0.314. The highest BCUT2D eigenvalue weighted by Crippen LogP contribution is 2.14. The van der Waals surface area contributed by atoms with E-state index in [2.05, 4.69) is 5.32 Å². The molecule has 0 spiro atoms. The number of hydrogen-bond donors (Lipinski definition) is 1.